The summed E-state index contributed by atoms with van der Waals surface area (Å²) in [5.74, 6) is 1.94. The van der Waals surface area contributed by atoms with Crippen LogP contribution in [-0.4, -0.2) is 40.9 Å². The van der Waals surface area contributed by atoms with Crippen molar-refractivity contribution in [2.45, 2.75) is 19.8 Å². The molecule has 4 heterocycles. The maximum Gasteiger partial charge on any atom is 0.263 e. The summed E-state index contributed by atoms with van der Waals surface area (Å²) in [4.78, 5) is 23.5. The summed E-state index contributed by atoms with van der Waals surface area (Å²) in [6, 6.07) is 5.41. The third kappa shape index (κ3) is 2.88. The molecular weight excluding hydrogens is 362 g/mol. The molecule has 3 aromatic rings. The zero-order valence-electron chi connectivity index (χ0n) is 15.3. The van der Waals surface area contributed by atoms with Gasteiger partial charge in [0, 0.05) is 24.8 Å². The average Bonchev–Trinajstić information content (AvgIpc) is 3.34. The number of ether oxygens (including phenoxy) is 2. The summed E-state index contributed by atoms with van der Waals surface area (Å²) >= 11 is 0. The van der Waals surface area contributed by atoms with Gasteiger partial charge in [0.2, 0.25) is 12.7 Å². The van der Waals surface area contributed by atoms with Gasteiger partial charge < -0.3 is 24.2 Å². The highest BCUT2D eigenvalue weighted by Gasteiger charge is 2.29. The lowest BCUT2D eigenvalue weighted by Gasteiger charge is -2.33. The van der Waals surface area contributed by atoms with E-state index in [4.69, 9.17) is 14.0 Å². The third-order valence-electron chi connectivity index (χ3n) is 5.16. The van der Waals surface area contributed by atoms with Crippen LogP contribution in [-0.2, 0) is 4.79 Å². The largest absolute Gasteiger partial charge is 0.454 e. The second-order valence-corrected chi connectivity index (χ2v) is 6.99. The first kappa shape index (κ1) is 16.8. The van der Waals surface area contributed by atoms with Crippen LogP contribution in [0, 0.1) is 12.8 Å². The molecule has 0 saturated carbocycles. The van der Waals surface area contributed by atoms with Gasteiger partial charge in [-0.05, 0) is 31.9 Å². The SMILES string of the molecule is Cc1noc2ncnc(N3CCC[C@H](C(=O)Nc4ccc5c(c4)OCO5)C3)c12. The van der Waals surface area contributed by atoms with E-state index in [0.717, 1.165) is 36.3 Å². The summed E-state index contributed by atoms with van der Waals surface area (Å²) in [6.45, 7) is 3.48. The van der Waals surface area contributed by atoms with Crippen molar-refractivity contribution in [3.8, 4) is 11.5 Å². The molecule has 1 saturated heterocycles. The average molecular weight is 381 g/mol. The molecule has 2 aliphatic heterocycles. The van der Waals surface area contributed by atoms with Crippen LogP contribution in [0.2, 0.25) is 0 Å². The number of amides is 1. The molecule has 9 heteroatoms. The van der Waals surface area contributed by atoms with Gasteiger partial charge in [0.1, 0.15) is 17.5 Å². The van der Waals surface area contributed by atoms with Gasteiger partial charge in [-0.2, -0.15) is 4.98 Å². The number of piperidine rings is 1. The van der Waals surface area contributed by atoms with Crippen LogP contribution in [0.25, 0.3) is 11.1 Å². The minimum absolute atomic E-state index is 0.0177. The number of carbonyl (C=O) groups is 1. The lowest BCUT2D eigenvalue weighted by molar-refractivity contribution is -0.120. The zero-order valence-corrected chi connectivity index (χ0v) is 15.3. The predicted molar refractivity (Wildman–Crippen MR) is 100 cm³/mol. The molecule has 0 unspecified atom stereocenters. The van der Waals surface area contributed by atoms with E-state index in [-0.39, 0.29) is 18.6 Å². The van der Waals surface area contributed by atoms with Crippen molar-refractivity contribution < 1.29 is 18.8 Å². The molecule has 1 aromatic carbocycles. The van der Waals surface area contributed by atoms with Crippen molar-refractivity contribution in [1.82, 2.24) is 15.1 Å². The van der Waals surface area contributed by atoms with Crippen LogP contribution in [0.15, 0.2) is 29.0 Å². The number of carbonyl (C=O) groups excluding carboxylic acids is 1. The summed E-state index contributed by atoms with van der Waals surface area (Å²) in [7, 11) is 0. The Kier molecular flexibility index (Phi) is 4.00. The number of nitrogens with one attached hydrogen (secondary N) is 1. The Bertz CT molecular complexity index is 1050. The van der Waals surface area contributed by atoms with Crippen LogP contribution >= 0.6 is 0 Å². The molecule has 1 N–H and O–H groups in total. The molecule has 1 amide bonds. The number of rotatable bonds is 3. The highest BCUT2D eigenvalue weighted by Crippen LogP contribution is 2.35. The van der Waals surface area contributed by atoms with Crippen LogP contribution in [0.1, 0.15) is 18.5 Å². The molecule has 0 radical (unpaired) electrons. The quantitative estimate of drug-likeness (QED) is 0.738. The Morgan fingerprint density at radius 3 is 3.07 bits per heavy atom. The molecule has 9 nitrogen and oxygen atoms in total. The lowest BCUT2D eigenvalue weighted by atomic mass is 9.96. The first-order valence-corrected chi connectivity index (χ1v) is 9.21. The molecule has 0 spiro atoms. The number of aryl methyl sites for hydroxylation is 1. The maximum absolute atomic E-state index is 12.9. The van der Waals surface area contributed by atoms with E-state index in [1.807, 2.05) is 13.0 Å². The fraction of sp³-hybridized carbons (Fsp3) is 0.368. The van der Waals surface area contributed by atoms with Gasteiger partial charge in [-0.3, -0.25) is 4.79 Å². The zero-order chi connectivity index (χ0) is 19.1. The van der Waals surface area contributed by atoms with Gasteiger partial charge in [0.15, 0.2) is 11.5 Å². The molecule has 2 aromatic heterocycles. The smallest absolute Gasteiger partial charge is 0.263 e. The summed E-state index contributed by atoms with van der Waals surface area (Å²) in [5.41, 5.74) is 1.91. The Balaban J connectivity index is 1.34. The van der Waals surface area contributed by atoms with Crippen LogP contribution in [0.4, 0.5) is 11.5 Å². The van der Waals surface area contributed by atoms with Crippen molar-refractivity contribution in [3.05, 3.63) is 30.2 Å². The van der Waals surface area contributed by atoms with Crippen molar-refractivity contribution >= 4 is 28.5 Å². The second-order valence-electron chi connectivity index (χ2n) is 6.99. The van der Waals surface area contributed by atoms with E-state index in [9.17, 15) is 4.79 Å². The Hall–Kier alpha value is -3.36. The molecule has 2 aliphatic rings. The molecule has 28 heavy (non-hydrogen) atoms. The Morgan fingerprint density at radius 2 is 2.14 bits per heavy atom. The van der Waals surface area contributed by atoms with Gasteiger partial charge in [0.25, 0.3) is 5.71 Å². The number of hydrogen-bond acceptors (Lipinski definition) is 8. The fourth-order valence-corrected chi connectivity index (χ4v) is 3.75. The summed E-state index contributed by atoms with van der Waals surface area (Å²) < 4.78 is 15.9. The van der Waals surface area contributed by atoms with E-state index in [1.165, 1.54) is 6.33 Å². The number of fused-ring (bicyclic) bond motifs is 2. The van der Waals surface area contributed by atoms with Crippen LogP contribution < -0.4 is 19.7 Å². The first-order valence-electron chi connectivity index (χ1n) is 9.21. The molecule has 5 rings (SSSR count). The second kappa shape index (κ2) is 6.66. The number of benzene rings is 1. The van der Waals surface area contributed by atoms with E-state index in [1.54, 1.807) is 12.1 Å². The van der Waals surface area contributed by atoms with Gasteiger partial charge in [0.05, 0.1) is 11.6 Å². The van der Waals surface area contributed by atoms with Crippen molar-refractivity contribution in [1.29, 1.82) is 0 Å². The lowest BCUT2D eigenvalue weighted by Crippen LogP contribution is -2.41. The third-order valence-corrected chi connectivity index (χ3v) is 5.16. The van der Waals surface area contributed by atoms with Gasteiger partial charge in [-0.1, -0.05) is 5.16 Å². The van der Waals surface area contributed by atoms with E-state index in [2.05, 4.69) is 25.3 Å². The number of aromatic nitrogens is 3. The molecule has 0 bridgehead atoms. The molecule has 1 fully saturated rings. The monoisotopic (exact) mass is 381 g/mol. The van der Waals surface area contributed by atoms with Crippen LogP contribution in [0.5, 0.6) is 11.5 Å². The number of nitrogens with zero attached hydrogens (tertiary/aromatic N) is 4. The van der Waals surface area contributed by atoms with E-state index in [0.29, 0.717) is 29.4 Å². The first-order chi connectivity index (χ1) is 13.7. The highest BCUT2D eigenvalue weighted by atomic mass is 16.7. The molecule has 0 aliphatic carbocycles. The van der Waals surface area contributed by atoms with Gasteiger partial charge in [-0.15, -0.1) is 0 Å². The van der Waals surface area contributed by atoms with Gasteiger partial charge in [-0.25, -0.2) is 4.98 Å². The maximum atomic E-state index is 12.9. The van der Waals surface area contributed by atoms with Crippen molar-refractivity contribution in [3.63, 3.8) is 0 Å². The molecule has 144 valence electrons. The highest BCUT2D eigenvalue weighted by molar-refractivity contribution is 5.94. The van der Waals surface area contributed by atoms with E-state index < -0.39 is 0 Å². The number of anilines is 2. The Labute approximate surface area is 160 Å². The fourth-order valence-electron chi connectivity index (χ4n) is 3.75. The van der Waals surface area contributed by atoms with Crippen molar-refractivity contribution in [2.24, 2.45) is 5.92 Å². The minimum Gasteiger partial charge on any atom is -0.454 e. The Morgan fingerprint density at radius 1 is 1.25 bits per heavy atom. The van der Waals surface area contributed by atoms with Crippen molar-refractivity contribution in [2.75, 3.05) is 30.1 Å². The number of hydrogen-bond donors (Lipinski definition) is 1. The summed E-state index contributed by atoms with van der Waals surface area (Å²) in [6.07, 6.45) is 3.19. The van der Waals surface area contributed by atoms with Gasteiger partial charge >= 0.3 is 0 Å². The minimum atomic E-state index is -0.149. The standard InChI is InChI=1S/C19H19N5O4/c1-11-16-17(20-9-21-19(16)28-23-11)24-6-2-3-12(8-24)18(25)22-13-4-5-14-15(7-13)27-10-26-14/h4-5,7,9,12H,2-3,6,8,10H2,1H3,(H,22,25)/t12-/m0/s1. The molecule has 1 atom stereocenters. The van der Waals surface area contributed by atoms with Crippen LogP contribution in [0.3, 0.4) is 0 Å². The van der Waals surface area contributed by atoms with E-state index >= 15 is 0 Å². The molecular formula is C19H19N5O4. The topological polar surface area (TPSA) is 103 Å². The predicted octanol–water partition coefficient (Wildman–Crippen LogP) is 2.51. The normalized spacial score (nSPS) is 18.5. The summed E-state index contributed by atoms with van der Waals surface area (Å²) in [5, 5.41) is 7.78.